The van der Waals surface area contributed by atoms with Crippen molar-refractivity contribution >= 4 is 17.7 Å². The molecule has 9 heteroatoms. The highest BCUT2D eigenvalue weighted by atomic mass is 32.2. The van der Waals surface area contributed by atoms with Crippen molar-refractivity contribution in [3.8, 4) is 0 Å². The van der Waals surface area contributed by atoms with Gasteiger partial charge in [-0.05, 0) is 23.3 Å². The molecular weight excluding hydrogens is 268 g/mol. The van der Waals surface area contributed by atoms with Crippen molar-refractivity contribution in [1.82, 2.24) is 29.8 Å². The third kappa shape index (κ3) is 4.36. The zero-order valence-electron chi connectivity index (χ0n) is 10.2. The summed E-state index contributed by atoms with van der Waals surface area (Å²) in [6.45, 7) is 1.59. The van der Waals surface area contributed by atoms with Gasteiger partial charge in [0.1, 0.15) is 0 Å². The maximum absolute atomic E-state index is 10.5. The molecule has 0 aromatic carbocycles. The third-order valence-electron chi connectivity index (χ3n) is 2.42. The number of tetrazole rings is 1. The number of carbonyl (C=O) groups is 1. The van der Waals surface area contributed by atoms with Crippen LogP contribution in [0.1, 0.15) is 12.8 Å². The molecule has 19 heavy (non-hydrogen) atoms. The zero-order valence-corrected chi connectivity index (χ0v) is 11.0. The number of nitrogens with zero attached hydrogens (tertiary/aromatic N) is 6. The smallest absolute Gasteiger partial charge is 0.313 e. The first-order chi connectivity index (χ1) is 9.25. The molecule has 0 saturated heterocycles. The highest BCUT2D eigenvalue weighted by Crippen LogP contribution is 2.13. The summed E-state index contributed by atoms with van der Waals surface area (Å²) in [6, 6.07) is 0. The minimum Gasteiger partial charge on any atom is -0.481 e. The van der Waals surface area contributed by atoms with Gasteiger partial charge in [0, 0.05) is 25.5 Å². The molecule has 0 spiro atoms. The van der Waals surface area contributed by atoms with Gasteiger partial charge in [-0.1, -0.05) is 11.8 Å². The van der Waals surface area contributed by atoms with E-state index >= 15 is 0 Å². The average molecular weight is 282 g/mol. The molecule has 1 N–H and O–H groups in total. The van der Waals surface area contributed by atoms with E-state index in [1.165, 1.54) is 0 Å². The Morgan fingerprint density at radius 1 is 1.37 bits per heavy atom. The standard InChI is InChI=1S/C10H14N6O2S/c17-9(18)7-19-10-12-13-14-16(10)5-2-1-4-15-6-3-11-8-15/h3,6,8H,1-2,4-5,7H2,(H,17,18). The monoisotopic (exact) mass is 282 g/mol. The average Bonchev–Trinajstić information content (AvgIpc) is 3.03. The fourth-order valence-corrected chi connectivity index (χ4v) is 2.17. The quantitative estimate of drug-likeness (QED) is 0.557. The number of aryl methyl sites for hydroxylation is 2. The maximum Gasteiger partial charge on any atom is 0.313 e. The minimum absolute atomic E-state index is 0.0323. The van der Waals surface area contributed by atoms with E-state index in [-0.39, 0.29) is 5.75 Å². The molecule has 0 unspecified atom stereocenters. The van der Waals surface area contributed by atoms with Crippen LogP contribution in [0.25, 0.3) is 0 Å². The normalized spacial score (nSPS) is 10.7. The maximum atomic E-state index is 10.5. The van der Waals surface area contributed by atoms with Gasteiger partial charge in [-0.3, -0.25) is 4.79 Å². The largest absolute Gasteiger partial charge is 0.481 e. The van der Waals surface area contributed by atoms with Gasteiger partial charge in [-0.2, -0.15) is 0 Å². The van der Waals surface area contributed by atoms with Crippen LogP contribution in [-0.2, 0) is 17.9 Å². The van der Waals surface area contributed by atoms with Gasteiger partial charge < -0.3 is 9.67 Å². The van der Waals surface area contributed by atoms with Crippen LogP contribution in [0, 0.1) is 0 Å². The van der Waals surface area contributed by atoms with Crippen molar-refractivity contribution in [2.24, 2.45) is 0 Å². The van der Waals surface area contributed by atoms with Crippen LogP contribution < -0.4 is 0 Å². The summed E-state index contributed by atoms with van der Waals surface area (Å²) >= 11 is 1.13. The minimum atomic E-state index is -0.875. The molecule has 0 fully saturated rings. The number of hydrogen-bond acceptors (Lipinski definition) is 6. The fourth-order valence-electron chi connectivity index (χ4n) is 1.54. The molecule has 0 amide bonds. The summed E-state index contributed by atoms with van der Waals surface area (Å²) < 4.78 is 3.65. The van der Waals surface area contributed by atoms with Gasteiger partial charge in [0.05, 0.1) is 12.1 Å². The lowest BCUT2D eigenvalue weighted by atomic mass is 10.3. The van der Waals surface area contributed by atoms with Crippen molar-refractivity contribution < 1.29 is 9.90 Å². The number of hydrogen-bond donors (Lipinski definition) is 1. The van der Waals surface area contributed by atoms with Crippen LogP contribution in [0.4, 0.5) is 0 Å². The van der Waals surface area contributed by atoms with Gasteiger partial charge in [-0.25, -0.2) is 9.67 Å². The molecule has 2 aromatic rings. The predicted molar refractivity (Wildman–Crippen MR) is 67.6 cm³/mol. The first kappa shape index (κ1) is 13.5. The van der Waals surface area contributed by atoms with Crippen LogP contribution >= 0.6 is 11.8 Å². The number of thioether (sulfide) groups is 1. The first-order valence-electron chi connectivity index (χ1n) is 5.82. The Bertz CT molecular complexity index is 512. The van der Waals surface area contributed by atoms with Crippen molar-refractivity contribution in [3.05, 3.63) is 18.7 Å². The SMILES string of the molecule is O=C(O)CSc1nnnn1CCCCn1ccnc1. The summed E-state index contributed by atoms with van der Waals surface area (Å²) in [5.41, 5.74) is 0. The summed E-state index contributed by atoms with van der Waals surface area (Å²) in [7, 11) is 0. The third-order valence-corrected chi connectivity index (χ3v) is 3.36. The molecule has 2 heterocycles. The molecule has 0 aliphatic heterocycles. The Labute approximate surface area is 113 Å². The number of aliphatic carboxylic acids is 1. The molecular formula is C10H14N6O2S. The molecule has 0 atom stereocenters. The number of imidazole rings is 1. The first-order valence-corrected chi connectivity index (χ1v) is 6.81. The summed E-state index contributed by atoms with van der Waals surface area (Å²) in [4.78, 5) is 14.5. The summed E-state index contributed by atoms with van der Waals surface area (Å²) in [5, 5.41) is 20.4. The van der Waals surface area contributed by atoms with Crippen molar-refractivity contribution in [1.29, 1.82) is 0 Å². The van der Waals surface area contributed by atoms with Gasteiger partial charge >= 0.3 is 5.97 Å². The highest BCUT2D eigenvalue weighted by molar-refractivity contribution is 7.99. The summed E-state index contributed by atoms with van der Waals surface area (Å²) in [5.74, 6) is -0.908. The molecule has 0 aliphatic rings. The predicted octanol–water partition coefficient (Wildman–Crippen LogP) is 0.527. The van der Waals surface area contributed by atoms with Crippen LogP contribution in [0.15, 0.2) is 23.9 Å². The Balaban J connectivity index is 1.73. The van der Waals surface area contributed by atoms with Crippen molar-refractivity contribution in [2.75, 3.05) is 5.75 Å². The van der Waals surface area contributed by atoms with E-state index in [9.17, 15) is 4.79 Å². The van der Waals surface area contributed by atoms with Gasteiger partial charge in [-0.15, -0.1) is 5.10 Å². The number of unbranched alkanes of at least 4 members (excludes halogenated alkanes) is 1. The van der Waals surface area contributed by atoms with Gasteiger partial charge in [0.2, 0.25) is 5.16 Å². The number of carboxylic acids is 1. The van der Waals surface area contributed by atoms with E-state index in [1.807, 2.05) is 10.8 Å². The molecule has 0 aliphatic carbocycles. The van der Waals surface area contributed by atoms with E-state index in [1.54, 1.807) is 17.2 Å². The molecule has 0 bridgehead atoms. The second-order valence-corrected chi connectivity index (χ2v) is 4.82. The van der Waals surface area contributed by atoms with Gasteiger partial charge in [0.15, 0.2) is 0 Å². The second kappa shape index (κ2) is 6.88. The Morgan fingerprint density at radius 2 is 2.21 bits per heavy atom. The van der Waals surface area contributed by atoms with E-state index in [2.05, 4.69) is 20.5 Å². The molecule has 8 nitrogen and oxygen atoms in total. The van der Waals surface area contributed by atoms with E-state index in [4.69, 9.17) is 5.11 Å². The van der Waals surface area contributed by atoms with E-state index in [0.717, 1.165) is 31.1 Å². The van der Waals surface area contributed by atoms with Crippen LogP contribution in [0.3, 0.4) is 0 Å². The lowest BCUT2D eigenvalue weighted by Gasteiger charge is -2.04. The summed E-state index contributed by atoms with van der Waals surface area (Å²) in [6.07, 6.45) is 7.36. The number of rotatable bonds is 8. The van der Waals surface area contributed by atoms with Crippen LogP contribution in [0.5, 0.6) is 0 Å². The van der Waals surface area contributed by atoms with Crippen molar-refractivity contribution in [2.45, 2.75) is 31.1 Å². The molecule has 2 aromatic heterocycles. The Kier molecular flexibility index (Phi) is 4.90. The van der Waals surface area contributed by atoms with E-state index < -0.39 is 5.97 Å². The Hall–Kier alpha value is -1.90. The number of aromatic nitrogens is 6. The lowest BCUT2D eigenvalue weighted by Crippen LogP contribution is -2.06. The molecule has 2 rings (SSSR count). The van der Waals surface area contributed by atoms with Gasteiger partial charge in [0.25, 0.3) is 0 Å². The molecule has 0 saturated carbocycles. The lowest BCUT2D eigenvalue weighted by molar-refractivity contribution is -0.133. The Morgan fingerprint density at radius 3 is 2.95 bits per heavy atom. The van der Waals surface area contributed by atoms with E-state index in [0.29, 0.717) is 11.7 Å². The second-order valence-electron chi connectivity index (χ2n) is 3.87. The number of carboxylic acid groups (broad SMARTS) is 1. The topological polar surface area (TPSA) is 98.7 Å². The fraction of sp³-hybridized carbons (Fsp3) is 0.500. The van der Waals surface area contributed by atoms with Crippen LogP contribution in [-0.4, -0.2) is 46.6 Å². The highest BCUT2D eigenvalue weighted by Gasteiger charge is 2.08. The van der Waals surface area contributed by atoms with Crippen molar-refractivity contribution in [3.63, 3.8) is 0 Å². The van der Waals surface area contributed by atoms with Crippen LogP contribution in [0.2, 0.25) is 0 Å². The molecule has 0 radical (unpaired) electrons. The molecule has 102 valence electrons. The zero-order chi connectivity index (χ0) is 13.5.